The summed E-state index contributed by atoms with van der Waals surface area (Å²) >= 11 is 1.28. The van der Waals surface area contributed by atoms with Crippen molar-refractivity contribution in [2.75, 3.05) is 7.11 Å². The fourth-order valence-corrected chi connectivity index (χ4v) is 4.37. The van der Waals surface area contributed by atoms with Crippen LogP contribution < -0.4 is 14.8 Å². The number of thioether (sulfide) groups is 1. The van der Waals surface area contributed by atoms with Crippen LogP contribution in [0.3, 0.4) is 0 Å². The minimum absolute atomic E-state index is 0.0275. The van der Waals surface area contributed by atoms with Gasteiger partial charge >= 0.3 is 0 Å². The van der Waals surface area contributed by atoms with E-state index in [1.165, 1.54) is 31.0 Å². The van der Waals surface area contributed by atoms with Gasteiger partial charge in [0.15, 0.2) is 16.7 Å². The van der Waals surface area contributed by atoms with E-state index >= 15 is 0 Å². The van der Waals surface area contributed by atoms with E-state index in [-0.39, 0.29) is 18.2 Å². The molecule has 0 spiro atoms. The summed E-state index contributed by atoms with van der Waals surface area (Å²) in [6.45, 7) is 4.25. The summed E-state index contributed by atoms with van der Waals surface area (Å²) in [6, 6.07) is 17.6. The van der Waals surface area contributed by atoms with Crippen molar-refractivity contribution in [1.29, 1.82) is 0 Å². The maximum atomic E-state index is 12.5. The molecular weight excluding hydrogens is 466 g/mol. The normalized spacial score (nSPS) is 15.3. The number of carbonyl (C=O) groups is 1. The van der Waals surface area contributed by atoms with Crippen molar-refractivity contribution in [2.24, 2.45) is 4.99 Å². The molecule has 0 unspecified atom stereocenters. The van der Waals surface area contributed by atoms with E-state index in [4.69, 9.17) is 9.47 Å². The van der Waals surface area contributed by atoms with Crippen LogP contribution in [0.2, 0.25) is 0 Å². The topological polar surface area (TPSA) is 103 Å². The van der Waals surface area contributed by atoms with E-state index in [1.807, 2.05) is 32.0 Å². The number of benzene rings is 3. The highest BCUT2D eigenvalue weighted by molar-refractivity contribution is 8.18. The maximum Gasteiger partial charge on any atom is 0.269 e. The van der Waals surface area contributed by atoms with Crippen LogP contribution in [0.5, 0.6) is 11.5 Å². The van der Waals surface area contributed by atoms with Crippen LogP contribution in [0.15, 0.2) is 70.6 Å². The molecular formula is C26H23N3O5S. The second-order valence-corrected chi connectivity index (χ2v) is 8.98. The molecule has 0 atom stereocenters. The Labute approximate surface area is 206 Å². The van der Waals surface area contributed by atoms with Crippen LogP contribution >= 0.6 is 11.8 Å². The number of rotatable bonds is 7. The van der Waals surface area contributed by atoms with Crippen molar-refractivity contribution in [3.63, 3.8) is 0 Å². The lowest BCUT2D eigenvalue weighted by atomic mass is 10.1. The van der Waals surface area contributed by atoms with Gasteiger partial charge in [0.1, 0.15) is 6.61 Å². The van der Waals surface area contributed by atoms with E-state index in [1.54, 1.807) is 30.3 Å². The molecule has 1 amide bonds. The number of amides is 1. The molecule has 1 saturated heterocycles. The number of hydrogen-bond acceptors (Lipinski definition) is 7. The van der Waals surface area contributed by atoms with Crippen molar-refractivity contribution in [3.8, 4) is 11.5 Å². The van der Waals surface area contributed by atoms with E-state index in [0.29, 0.717) is 21.6 Å². The van der Waals surface area contributed by atoms with Gasteiger partial charge in [-0.3, -0.25) is 14.9 Å². The first-order valence-electron chi connectivity index (χ1n) is 10.7. The van der Waals surface area contributed by atoms with E-state index in [0.717, 1.165) is 27.9 Å². The molecule has 1 aliphatic heterocycles. The van der Waals surface area contributed by atoms with Crippen molar-refractivity contribution < 1.29 is 19.2 Å². The fraction of sp³-hybridized carbons (Fsp3) is 0.154. The smallest absolute Gasteiger partial charge is 0.269 e. The number of non-ortho nitro benzene ring substituents is 1. The summed E-state index contributed by atoms with van der Waals surface area (Å²) in [7, 11) is 1.54. The summed E-state index contributed by atoms with van der Waals surface area (Å²) in [5.74, 6) is 0.818. The van der Waals surface area contributed by atoms with Gasteiger partial charge in [-0.1, -0.05) is 12.1 Å². The Morgan fingerprint density at radius 3 is 2.40 bits per heavy atom. The molecule has 0 aliphatic carbocycles. The Morgan fingerprint density at radius 1 is 1.03 bits per heavy atom. The van der Waals surface area contributed by atoms with Crippen molar-refractivity contribution in [2.45, 2.75) is 20.5 Å². The van der Waals surface area contributed by atoms with Gasteiger partial charge in [-0.25, -0.2) is 4.99 Å². The molecule has 35 heavy (non-hydrogen) atoms. The van der Waals surface area contributed by atoms with Gasteiger partial charge in [-0.15, -0.1) is 0 Å². The largest absolute Gasteiger partial charge is 0.493 e. The number of nitro groups is 1. The molecule has 9 heteroatoms. The number of methoxy groups -OCH3 is 1. The standard InChI is InChI=1S/C26H23N3O5S/c1-16-10-17(2)12-20(11-16)27-26-28-25(30)24(35-26)14-19-6-9-22(23(13-19)33-3)34-15-18-4-7-21(8-5-18)29(31)32/h4-14H,15H2,1-3H3,(H,27,28,30)/b24-14+. The van der Waals surface area contributed by atoms with Crippen LogP contribution in [-0.4, -0.2) is 23.1 Å². The van der Waals surface area contributed by atoms with E-state index in [2.05, 4.69) is 16.4 Å². The molecule has 0 aromatic heterocycles. The van der Waals surface area contributed by atoms with Crippen LogP contribution in [-0.2, 0) is 11.4 Å². The third-order valence-electron chi connectivity index (χ3n) is 5.11. The minimum atomic E-state index is -0.442. The molecule has 8 nitrogen and oxygen atoms in total. The summed E-state index contributed by atoms with van der Waals surface area (Å²) in [5.41, 5.74) is 4.60. The number of ether oxygens (including phenoxy) is 2. The molecule has 0 saturated carbocycles. The lowest BCUT2D eigenvalue weighted by molar-refractivity contribution is -0.384. The second-order valence-electron chi connectivity index (χ2n) is 7.95. The summed E-state index contributed by atoms with van der Waals surface area (Å²) in [4.78, 5) is 27.9. The van der Waals surface area contributed by atoms with Gasteiger partial charge in [0.25, 0.3) is 11.6 Å². The van der Waals surface area contributed by atoms with Gasteiger partial charge in [0.05, 0.1) is 22.6 Å². The zero-order chi connectivity index (χ0) is 24.9. The van der Waals surface area contributed by atoms with Gasteiger partial charge in [0.2, 0.25) is 0 Å². The predicted molar refractivity (Wildman–Crippen MR) is 137 cm³/mol. The van der Waals surface area contributed by atoms with Crippen molar-refractivity contribution >= 4 is 40.3 Å². The van der Waals surface area contributed by atoms with Crippen LogP contribution in [0.1, 0.15) is 22.3 Å². The highest BCUT2D eigenvalue weighted by Gasteiger charge is 2.24. The zero-order valence-corrected chi connectivity index (χ0v) is 20.2. The summed E-state index contributed by atoms with van der Waals surface area (Å²) in [5, 5.41) is 14.1. The van der Waals surface area contributed by atoms with Gasteiger partial charge in [-0.05, 0) is 90.3 Å². The molecule has 1 aliphatic rings. The third-order valence-corrected chi connectivity index (χ3v) is 6.02. The Bertz CT molecular complexity index is 1330. The first kappa shape index (κ1) is 24.0. The second kappa shape index (κ2) is 10.4. The minimum Gasteiger partial charge on any atom is -0.493 e. The molecule has 1 fully saturated rings. The average Bonchev–Trinajstić information content (AvgIpc) is 3.15. The Morgan fingerprint density at radius 2 is 1.74 bits per heavy atom. The van der Waals surface area contributed by atoms with Crippen molar-refractivity contribution in [3.05, 3.63) is 97.9 Å². The van der Waals surface area contributed by atoms with E-state index < -0.39 is 4.92 Å². The van der Waals surface area contributed by atoms with Crippen LogP contribution in [0, 0.1) is 24.0 Å². The Hall–Kier alpha value is -4.11. The lowest BCUT2D eigenvalue weighted by Crippen LogP contribution is -2.19. The molecule has 4 rings (SSSR count). The van der Waals surface area contributed by atoms with Crippen molar-refractivity contribution in [1.82, 2.24) is 5.32 Å². The zero-order valence-electron chi connectivity index (χ0n) is 19.4. The number of aliphatic imine (C=N–C) groups is 1. The number of carbonyl (C=O) groups excluding carboxylic acids is 1. The predicted octanol–water partition coefficient (Wildman–Crippen LogP) is 5.69. The number of nitro benzene ring substituents is 1. The summed E-state index contributed by atoms with van der Waals surface area (Å²) in [6.07, 6.45) is 1.77. The Kier molecular flexibility index (Phi) is 7.17. The number of nitrogens with one attached hydrogen (secondary N) is 1. The van der Waals surface area contributed by atoms with Gasteiger partial charge < -0.3 is 14.8 Å². The monoisotopic (exact) mass is 489 g/mol. The van der Waals surface area contributed by atoms with E-state index in [9.17, 15) is 14.9 Å². The molecule has 1 heterocycles. The molecule has 1 N–H and O–H groups in total. The van der Waals surface area contributed by atoms with Crippen LogP contribution in [0.4, 0.5) is 11.4 Å². The lowest BCUT2D eigenvalue weighted by Gasteiger charge is -2.11. The number of amidine groups is 1. The highest BCUT2D eigenvalue weighted by Crippen LogP contribution is 2.33. The average molecular weight is 490 g/mol. The maximum absolute atomic E-state index is 12.5. The SMILES string of the molecule is COc1cc(/C=C2/SC(=Nc3cc(C)cc(C)c3)NC2=O)ccc1OCc1ccc([N+](=O)[O-])cc1. The number of hydrogen-bond donors (Lipinski definition) is 1. The molecule has 178 valence electrons. The van der Waals surface area contributed by atoms with Crippen LogP contribution in [0.25, 0.3) is 6.08 Å². The fourth-order valence-electron chi connectivity index (χ4n) is 3.53. The van der Waals surface area contributed by atoms with Gasteiger partial charge in [0, 0.05) is 12.1 Å². The number of aryl methyl sites for hydroxylation is 2. The Balaban J connectivity index is 1.47. The highest BCUT2D eigenvalue weighted by atomic mass is 32.2. The molecule has 3 aromatic rings. The number of nitrogens with zero attached hydrogens (tertiary/aromatic N) is 2. The quantitative estimate of drug-likeness (QED) is 0.260. The summed E-state index contributed by atoms with van der Waals surface area (Å²) < 4.78 is 11.3. The first-order valence-corrected chi connectivity index (χ1v) is 11.5. The molecule has 0 bridgehead atoms. The first-order chi connectivity index (χ1) is 16.8. The van der Waals surface area contributed by atoms with Gasteiger partial charge in [-0.2, -0.15) is 0 Å². The third kappa shape index (κ3) is 6.07. The molecule has 3 aromatic carbocycles. The molecule has 0 radical (unpaired) electrons.